The Morgan fingerprint density at radius 1 is 1.11 bits per heavy atom. The predicted molar refractivity (Wildman–Crippen MR) is 75.0 cm³/mol. The summed E-state index contributed by atoms with van der Waals surface area (Å²) in [5, 5.41) is -0.237. The molecule has 90 valence electrons. The first-order chi connectivity index (χ1) is 8.74. The molecule has 3 aromatic rings. The van der Waals surface area contributed by atoms with E-state index in [1.165, 1.54) is 5.56 Å². The molecule has 0 aliphatic heterocycles. The van der Waals surface area contributed by atoms with Gasteiger partial charge in [-0.15, -0.1) is 11.6 Å². The SMILES string of the molecule is Cc1ccc2nc([C@@H](Cl)c3ccccc3)[nH]c2c1. The number of aromatic nitrogens is 2. The normalized spacial score (nSPS) is 12.8. The minimum atomic E-state index is -0.237. The summed E-state index contributed by atoms with van der Waals surface area (Å²) in [4.78, 5) is 7.83. The molecule has 0 amide bonds. The fraction of sp³-hybridized carbons (Fsp3) is 0.133. The largest absolute Gasteiger partial charge is 0.340 e. The van der Waals surface area contributed by atoms with E-state index in [9.17, 15) is 0 Å². The van der Waals surface area contributed by atoms with Gasteiger partial charge in [0.2, 0.25) is 0 Å². The number of aryl methyl sites for hydroxylation is 1. The van der Waals surface area contributed by atoms with Crippen LogP contribution in [0.1, 0.15) is 22.3 Å². The molecule has 0 fully saturated rings. The van der Waals surface area contributed by atoms with Crippen LogP contribution in [0.4, 0.5) is 0 Å². The molecule has 0 spiro atoms. The van der Waals surface area contributed by atoms with Crippen molar-refractivity contribution in [2.24, 2.45) is 0 Å². The second-order valence-electron chi connectivity index (χ2n) is 4.42. The Balaban J connectivity index is 2.04. The number of aromatic amines is 1. The van der Waals surface area contributed by atoms with E-state index in [1.807, 2.05) is 36.4 Å². The van der Waals surface area contributed by atoms with Crippen LogP contribution in [0, 0.1) is 6.92 Å². The van der Waals surface area contributed by atoms with Crippen LogP contribution in [0.5, 0.6) is 0 Å². The lowest BCUT2D eigenvalue weighted by molar-refractivity contribution is 1.00. The zero-order valence-corrected chi connectivity index (χ0v) is 10.8. The van der Waals surface area contributed by atoms with Crippen molar-refractivity contribution < 1.29 is 0 Å². The van der Waals surface area contributed by atoms with Crippen LogP contribution in [0.25, 0.3) is 11.0 Å². The van der Waals surface area contributed by atoms with Gasteiger partial charge in [0.05, 0.1) is 11.0 Å². The molecule has 3 heteroatoms. The number of alkyl halides is 1. The van der Waals surface area contributed by atoms with Crippen molar-refractivity contribution in [3.05, 3.63) is 65.5 Å². The van der Waals surface area contributed by atoms with Crippen molar-refractivity contribution in [3.63, 3.8) is 0 Å². The number of rotatable bonds is 2. The summed E-state index contributed by atoms with van der Waals surface area (Å²) in [6, 6.07) is 16.1. The molecule has 0 aliphatic rings. The van der Waals surface area contributed by atoms with Crippen LogP contribution in [-0.2, 0) is 0 Å². The third-order valence-electron chi connectivity index (χ3n) is 2.99. The molecule has 2 aromatic carbocycles. The van der Waals surface area contributed by atoms with E-state index < -0.39 is 0 Å². The van der Waals surface area contributed by atoms with Gasteiger partial charge in [0.25, 0.3) is 0 Å². The molecule has 18 heavy (non-hydrogen) atoms. The predicted octanol–water partition coefficient (Wildman–Crippen LogP) is 4.20. The lowest BCUT2D eigenvalue weighted by Crippen LogP contribution is -1.94. The van der Waals surface area contributed by atoms with Crippen molar-refractivity contribution in [2.45, 2.75) is 12.3 Å². The molecule has 0 saturated heterocycles. The van der Waals surface area contributed by atoms with Crippen LogP contribution >= 0.6 is 11.6 Å². The van der Waals surface area contributed by atoms with Gasteiger partial charge in [0.15, 0.2) is 0 Å². The van der Waals surface area contributed by atoms with E-state index >= 15 is 0 Å². The summed E-state index contributed by atoms with van der Waals surface area (Å²) in [6.45, 7) is 2.06. The van der Waals surface area contributed by atoms with Crippen molar-refractivity contribution in [1.29, 1.82) is 0 Å². The van der Waals surface area contributed by atoms with Gasteiger partial charge in [0, 0.05) is 0 Å². The fourth-order valence-corrected chi connectivity index (χ4v) is 2.29. The van der Waals surface area contributed by atoms with Crippen molar-refractivity contribution in [3.8, 4) is 0 Å². The van der Waals surface area contributed by atoms with Gasteiger partial charge in [0.1, 0.15) is 11.2 Å². The van der Waals surface area contributed by atoms with E-state index in [0.717, 1.165) is 22.4 Å². The molecule has 0 unspecified atom stereocenters. The van der Waals surface area contributed by atoms with Gasteiger partial charge < -0.3 is 4.98 Å². The Labute approximate surface area is 111 Å². The number of imidazole rings is 1. The molecular weight excluding hydrogens is 244 g/mol. The maximum Gasteiger partial charge on any atom is 0.129 e. The summed E-state index contributed by atoms with van der Waals surface area (Å²) < 4.78 is 0. The molecule has 1 aromatic heterocycles. The first kappa shape index (κ1) is 11.3. The number of hydrogen-bond donors (Lipinski definition) is 1. The summed E-state index contributed by atoms with van der Waals surface area (Å²) >= 11 is 6.45. The second-order valence-corrected chi connectivity index (χ2v) is 4.85. The number of halogens is 1. The smallest absolute Gasteiger partial charge is 0.129 e. The van der Waals surface area contributed by atoms with Crippen molar-refractivity contribution in [1.82, 2.24) is 9.97 Å². The Hall–Kier alpha value is -1.80. The fourth-order valence-electron chi connectivity index (χ4n) is 2.04. The molecule has 0 bridgehead atoms. The molecular formula is C15H13ClN2. The first-order valence-corrected chi connectivity index (χ1v) is 6.33. The number of nitrogens with one attached hydrogen (secondary N) is 1. The monoisotopic (exact) mass is 256 g/mol. The molecule has 3 rings (SSSR count). The first-order valence-electron chi connectivity index (χ1n) is 5.89. The van der Waals surface area contributed by atoms with Gasteiger partial charge in [-0.05, 0) is 30.2 Å². The lowest BCUT2D eigenvalue weighted by Gasteiger charge is -2.05. The molecule has 2 nitrogen and oxygen atoms in total. The van der Waals surface area contributed by atoms with E-state index in [4.69, 9.17) is 11.6 Å². The van der Waals surface area contributed by atoms with Gasteiger partial charge in [-0.25, -0.2) is 4.98 Å². The minimum absolute atomic E-state index is 0.237. The summed E-state index contributed by atoms with van der Waals surface area (Å²) in [6.07, 6.45) is 0. The van der Waals surface area contributed by atoms with E-state index in [0.29, 0.717) is 0 Å². The van der Waals surface area contributed by atoms with E-state index in [2.05, 4.69) is 29.0 Å². The highest BCUT2D eigenvalue weighted by Crippen LogP contribution is 2.28. The molecule has 0 aliphatic carbocycles. The molecule has 1 atom stereocenters. The number of H-pyrrole nitrogens is 1. The average Bonchev–Trinajstić information content (AvgIpc) is 2.81. The maximum absolute atomic E-state index is 6.45. The molecule has 0 saturated carbocycles. The van der Waals surface area contributed by atoms with E-state index in [1.54, 1.807) is 0 Å². The average molecular weight is 257 g/mol. The third-order valence-corrected chi connectivity index (χ3v) is 3.45. The summed E-state index contributed by atoms with van der Waals surface area (Å²) in [5.74, 6) is 0.795. The van der Waals surface area contributed by atoms with Gasteiger partial charge in [-0.3, -0.25) is 0 Å². The van der Waals surface area contributed by atoms with Gasteiger partial charge in [-0.1, -0.05) is 36.4 Å². The summed E-state index contributed by atoms with van der Waals surface area (Å²) in [5.41, 5.74) is 4.25. The Morgan fingerprint density at radius 3 is 2.67 bits per heavy atom. The zero-order chi connectivity index (χ0) is 12.5. The van der Waals surface area contributed by atoms with Crippen LogP contribution in [0.2, 0.25) is 0 Å². The number of fused-ring (bicyclic) bond motifs is 1. The topological polar surface area (TPSA) is 28.7 Å². The molecule has 1 N–H and O–H groups in total. The van der Waals surface area contributed by atoms with Crippen LogP contribution in [0.15, 0.2) is 48.5 Å². The zero-order valence-electron chi connectivity index (χ0n) is 10.0. The minimum Gasteiger partial charge on any atom is -0.340 e. The Bertz CT molecular complexity index is 673. The number of nitrogens with zero attached hydrogens (tertiary/aromatic N) is 1. The second kappa shape index (κ2) is 4.46. The highest BCUT2D eigenvalue weighted by molar-refractivity contribution is 6.22. The molecule has 1 heterocycles. The van der Waals surface area contributed by atoms with Crippen molar-refractivity contribution in [2.75, 3.05) is 0 Å². The van der Waals surface area contributed by atoms with Crippen LogP contribution in [0.3, 0.4) is 0 Å². The molecule has 0 radical (unpaired) electrons. The summed E-state index contributed by atoms with van der Waals surface area (Å²) in [7, 11) is 0. The Morgan fingerprint density at radius 2 is 1.89 bits per heavy atom. The van der Waals surface area contributed by atoms with Crippen molar-refractivity contribution >= 4 is 22.6 Å². The third kappa shape index (κ3) is 2.00. The quantitative estimate of drug-likeness (QED) is 0.684. The van der Waals surface area contributed by atoms with Crippen LogP contribution < -0.4 is 0 Å². The van der Waals surface area contributed by atoms with Crippen LogP contribution in [-0.4, -0.2) is 9.97 Å². The lowest BCUT2D eigenvalue weighted by atomic mass is 10.1. The van der Waals surface area contributed by atoms with Gasteiger partial charge in [-0.2, -0.15) is 0 Å². The standard InChI is InChI=1S/C15H13ClN2/c1-10-7-8-12-13(9-10)18-15(17-12)14(16)11-5-3-2-4-6-11/h2-9,14H,1H3,(H,17,18)/t14-/m0/s1. The maximum atomic E-state index is 6.45. The highest BCUT2D eigenvalue weighted by Gasteiger charge is 2.14. The van der Waals surface area contributed by atoms with Gasteiger partial charge >= 0.3 is 0 Å². The van der Waals surface area contributed by atoms with E-state index in [-0.39, 0.29) is 5.38 Å². The number of benzene rings is 2. The number of hydrogen-bond acceptors (Lipinski definition) is 1. The highest BCUT2D eigenvalue weighted by atomic mass is 35.5. The Kier molecular flexibility index (Phi) is 2.80.